The van der Waals surface area contributed by atoms with E-state index in [9.17, 15) is 0 Å². The van der Waals surface area contributed by atoms with Crippen molar-refractivity contribution in [1.29, 1.82) is 0 Å². The zero-order valence-electron chi connectivity index (χ0n) is 13.0. The topological polar surface area (TPSA) is 42.3 Å². The summed E-state index contributed by atoms with van der Waals surface area (Å²) in [5.41, 5.74) is 1.17. The fourth-order valence-corrected chi connectivity index (χ4v) is 2.55. The molecule has 0 spiro atoms. The minimum atomic E-state index is 0.175. The van der Waals surface area contributed by atoms with Crippen molar-refractivity contribution in [2.45, 2.75) is 32.9 Å². The number of hydrogen-bond acceptors (Lipinski definition) is 4. The van der Waals surface area contributed by atoms with Gasteiger partial charge in [-0.1, -0.05) is 6.92 Å². The molecule has 1 rings (SSSR count). The van der Waals surface area contributed by atoms with E-state index in [-0.39, 0.29) is 6.04 Å². The molecule has 1 aromatic rings. The lowest BCUT2D eigenvalue weighted by molar-refractivity contribution is 0.120. The Morgan fingerprint density at radius 1 is 1.45 bits per heavy atom. The van der Waals surface area contributed by atoms with Crippen molar-refractivity contribution in [3.05, 3.63) is 16.4 Å². The fraction of sp³-hybridized carbons (Fsp3) is 0.786. The van der Waals surface area contributed by atoms with Crippen molar-refractivity contribution in [2.75, 3.05) is 40.4 Å². The van der Waals surface area contributed by atoms with Crippen molar-refractivity contribution in [2.24, 2.45) is 0 Å². The van der Waals surface area contributed by atoms with E-state index < -0.39 is 0 Å². The van der Waals surface area contributed by atoms with Crippen LogP contribution in [-0.2, 0) is 11.3 Å². The maximum Gasteiger partial charge on any atom is 0.0741 e. The summed E-state index contributed by atoms with van der Waals surface area (Å²) >= 11 is 3.62. The molecule has 0 aliphatic heterocycles. The lowest BCUT2D eigenvalue weighted by Crippen LogP contribution is -2.30. The Morgan fingerprint density at radius 2 is 2.20 bits per heavy atom. The summed E-state index contributed by atoms with van der Waals surface area (Å²) < 4.78 is 8.73. The van der Waals surface area contributed by atoms with Crippen LogP contribution in [-0.4, -0.2) is 55.1 Å². The quantitative estimate of drug-likeness (QED) is 0.705. The van der Waals surface area contributed by atoms with E-state index in [0.29, 0.717) is 6.61 Å². The summed E-state index contributed by atoms with van der Waals surface area (Å²) in [5.74, 6) is 0. The molecule has 0 aromatic carbocycles. The molecule has 1 atom stereocenters. The molecule has 1 unspecified atom stereocenters. The van der Waals surface area contributed by atoms with Crippen LogP contribution in [0.4, 0.5) is 0 Å². The van der Waals surface area contributed by atoms with Crippen LogP contribution in [0.2, 0.25) is 0 Å². The molecule has 0 saturated heterocycles. The minimum absolute atomic E-state index is 0.175. The van der Waals surface area contributed by atoms with E-state index in [4.69, 9.17) is 4.74 Å². The van der Waals surface area contributed by atoms with Crippen LogP contribution in [0.5, 0.6) is 0 Å². The van der Waals surface area contributed by atoms with Gasteiger partial charge in [-0.3, -0.25) is 4.68 Å². The smallest absolute Gasteiger partial charge is 0.0741 e. The summed E-state index contributed by atoms with van der Waals surface area (Å²) in [5, 5.41) is 8.02. The highest BCUT2D eigenvalue weighted by molar-refractivity contribution is 9.10. The second-order valence-corrected chi connectivity index (χ2v) is 5.92. The van der Waals surface area contributed by atoms with Crippen molar-refractivity contribution in [3.63, 3.8) is 0 Å². The number of nitrogens with zero attached hydrogens (tertiary/aromatic N) is 3. The molecule has 1 N–H and O–H groups in total. The van der Waals surface area contributed by atoms with Crippen LogP contribution in [0.3, 0.4) is 0 Å². The number of ether oxygens (including phenoxy) is 1. The maximum atomic E-state index is 5.62. The van der Waals surface area contributed by atoms with Crippen molar-refractivity contribution in [1.82, 2.24) is 20.0 Å². The molecule has 20 heavy (non-hydrogen) atoms. The maximum absolute atomic E-state index is 5.62. The number of hydrogen-bond donors (Lipinski definition) is 1. The molecule has 0 radical (unpaired) electrons. The summed E-state index contributed by atoms with van der Waals surface area (Å²) in [6.45, 7) is 8.42. The largest absolute Gasteiger partial charge is 0.380 e. The Hall–Kier alpha value is -0.430. The number of nitrogens with one attached hydrogen (secondary N) is 1. The van der Waals surface area contributed by atoms with E-state index in [1.54, 1.807) is 0 Å². The monoisotopic (exact) mass is 346 g/mol. The molecular formula is C14H27BrN4O. The molecule has 1 heterocycles. The molecule has 116 valence electrons. The highest BCUT2D eigenvalue weighted by Crippen LogP contribution is 2.23. The Kier molecular flexibility index (Phi) is 8.37. The van der Waals surface area contributed by atoms with Crippen LogP contribution in [0.1, 0.15) is 32.0 Å². The normalized spacial score (nSPS) is 13.1. The van der Waals surface area contributed by atoms with Crippen LogP contribution < -0.4 is 5.32 Å². The van der Waals surface area contributed by atoms with Gasteiger partial charge in [0, 0.05) is 13.2 Å². The Bertz CT molecular complexity index is 373. The molecule has 0 saturated carbocycles. The average molecular weight is 347 g/mol. The van der Waals surface area contributed by atoms with Crippen LogP contribution in [0, 0.1) is 0 Å². The molecule has 6 heteroatoms. The summed E-state index contributed by atoms with van der Waals surface area (Å²) in [4.78, 5) is 2.16. The van der Waals surface area contributed by atoms with Crippen molar-refractivity contribution >= 4 is 15.9 Å². The van der Waals surface area contributed by atoms with Gasteiger partial charge in [-0.05, 0) is 49.9 Å². The van der Waals surface area contributed by atoms with Gasteiger partial charge in [0.2, 0.25) is 0 Å². The SMILES string of the molecule is CCCNC(COCC)c1c(Br)cnn1CCN(C)C. The first-order chi connectivity index (χ1) is 9.60. The van der Waals surface area contributed by atoms with Crippen LogP contribution in [0.25, 0.3) is 0 Å². The zero-order chi connectivity index (χ0) is 15.0. The summed E-state index contributed by atoms with van der Waals surface area (Å²) in [7, 11) is 4.15. The summed E-state index contributed by atoms with van der Waals surface area (Å²) in [6.07, 6.45) is 2.98. The van der Waals surface area contributed by atoms with Gasteiger partial charge >= 0.3 is 0 Å². The van der Waals surface area contributed by atoms with Crippen molar-refractivity contribution in [3.8, 4) is 0 Å². The predicted molar refractivity (Wildman–Crippen MR) is 86.0 cm³/mol. The Labute approximate surface area is 130 Å². The van der Waals surface area contributed by atoms with Crippen LogP contribution >= 0.6 is 15.9 Å². The third-order valence-electron chi connectivity index (χ3n) is 3.05. The molecule has 0 amide bonds. The molecule has 0 bridgehead atoms. The molecule has 0 aliphatic carbocycles. The van der Waals surface area contributed by atoms with Gasteiger partial charge in [0.1, 0.15) is 0 Å². The Balaban J connectivity index is 2.83. The van der Waals surface area contributed by atoms with E-state index in [0.717, 1.165) is 37.1 Å². The predicted octanol–water partition coefficient (Wildman–Crippen LogP) is 2.28. The number of aromatic nitrogens is 2. The molecular weight excluding hydrogens is 320 g/mol. The highest BCUT2D eigenvalue weighted by Gasteiger charge is 2.19. The van der Waals surface area contributed by atoms with E-state index in [1.165, 1.54) is 5.69 Å². The fourth-order valence-electron chi connectivity index (χ4n) is 1.98. The first-order valence-corrected chi connectivity index (χ1v) is 8.06. The standard InChI is InChI=1S/C14H27BrN4O/c1-5-7-16-13(11-20-6-2)14-12(15)10-17-19(14)9-8-18(3)4/h10,13,16H,5-9,11H2,1-4H3. The van der Waals surface area contributed by atoms with Gasteiger partial charge in [0.15, 0.2) is 0 Å². The average Bonchev–Trinajstić information content (AvgIpc) is 2.78. The molecule has 0 fully saturated rings. The third kappa shape index (κ3) is 5.52. The van der Waals surface area contributed by atoms with E-state index in [2.05, 4.69) is 56.9 Å². The lowest BCUT2D eigenvalue weighted by atomic mass is 10.2. The minimum Gasteiger partial charge on any atom is -0.380 e. The van der Waals surface area contributed by atoms with Crippen molar-refractivity contribution < 1.29 is 4.74 Å². The molecule has 5 nitrogen and oxygen atoms in total. The van der Waals surface area contributed by atoms with Gasteiger partial charge in [-0.15, -0.1) is 0 Å². The Morgan fingerprint density at radius 3 is 2.80 bits per heavy atom. The molecule has 1 aromatic heterocycles. The third-order valence-corrected chi connectivity index (χ3v) is 3.66. The lowest BCUT2D eigenvalue weighted by Gasteiger charge is -2.21. The van der Waals surface area contributed by atoms with Gasteiger partial charge in [-0.2, -0.15) is 5.10 Å². The van der Waals surface area contributed by atoms with Gasteiger partial charge in [0.05, 0.1) is 35.6 Å². The van der Waals surface area contributed by atoms with E-state index in [1.807, 2.05) is 13.1 Å². The second kappa shape index (κ2) is 9.50. The number of halogens is 1. The number of likely N-dealkylation sites (N-methyl/N-ethyl adjacent to an activating group) is 1. The van der Waals surface area contributed by atoms with E-state index >= 15 is 0 Å². The van der Waals surface area contributed by atoms with Gasteiger partial charge in [0.25, 0.3) is 0 Å². The highest BCUT2D eigenvalue weighted by atomic mass is 79.9. The van der Waals surface area contributed by atoms with Gasteiger partial charge in [-0.25, -0.2) is 0 Å². The van der Waals surface area contributed by atoms with Gasteiger partial charge < -0.3 is 15.0 Å². The second-order valence-electron chi connectivity index (χ2n) is 5.07. The zero-order valence-corrected chi connectivity index (χ0v) is 14.6. The summed E-state index contributed by atoms with van der Waals surface area (Å²) in [6, 6.07) is 0.175. The first kappa shape index (κ1) is 17.6. The number of rotatable bonds is 10. The first-order valence-electron chi connectivity index (χ1n) is 7.27. The van der Waals surface area contributed by atoms with Crippen LogP contribution in [0.15, 0.2) is 10.7 Å². The molecule has 0 aliphatic rings.